The number of hydrogen-bond acceptors (Lipinski definition) is 7. The molecule has 1 aromatic rings. The number of ether oxygens (including phenoxy) is 2. The molecule has 35 heavy (non-hydrogen) atoms. The first kappa shape index (κ1) is 24.9. The molecule has 1 aromatic heterocycles. The fourth-order valence-electron chi connectivity index (χ4n) is 6.58. The Hall–Kier alpha value is -3.17. The Morgan fingerprint density at radius 2 is 1.69 bits per heavy atom. The second kappa shape index (κ2) is 8.80. The third-order valence-electron chi connectivity index (χ3n) is 8.10. The van der Waals surface area contributed by atoms with Gasteiger partial charge in [0.15, 0.2) is 0 Å². The minimum atomic E-state index is -0.611. The van der Waals surface area contributed by atoms with Crippen molar-refractivity contribution in [3.8, 4) is 0 Å². The molecule has 1 N–H and O–H groups in total. The second-order valence-electron chi connectivity index (χ2n) is 10.6. The number of rotatable bonds is 3. The summed E-state index contributed by atoms with van der Waals surface area (Å²) >= 11 is 0. The summed E-state index contributed by atoms with van der Waals surface area (Å²) in [5, 5.41) is 2.77. The van der Waals surface area contributed by atoms with Crippen molar-refractivity contribution < 1.29 is 23.9 Å². The fourth-order valence-corrected chi connectivity index (χ4v) is 6.58. The number of carbonyl (C=O) groups excluding carboxylic acids is 3. The molecule has 0 bridgehead atoms. The van der Waals surface area contributed by atoms with Gasteiger partial charge in [0, 0.05) is 46.2 Å². The average molecular weight is 488 g/mol. The van der Waals surface area contributed by atoms with Gasteiger partial charge in [0.05, 0.1) is 5.56 Å². The SMILES string of the molecule is C=C1C[C@H](OC(C)=O)C[C@]2(C)C[C@@H](OC(C)=O)[C@@H]([C@@H]3Cc4c(n(C)c(=O)n(C)c4=O)NC3=O)CC12. The van der Waals surface area contributed by atoms with Crippen LogP contribution in [0.1, 0.15) is 52.0 Å². The molecule has 2 heterocycles. The molecule has 10 nitrogen and oxygen atoms in total. The lowest BCUT2D eigenvalue weighted by Crippen LogP contribution is -2.54. The van der Waals surface area contributed by atoms with E-state index in [1.54, 1.807) is 0 Å². The van der Waals surface area contributed by atoms with E-state index in [1.807, 2.05) is 0 Å². The van der Waals surface area contributed by atoms with Crippen LogP contribution in [0.5, 0.6) is 0 Å². The first-order valence-corrected chi connectivity index (χ1v) is 11.9. The minimum absolute atomic E-state index is 0.0447. The number of nitrogens with one attached hydrogen (secondary N) is 1. The van der Waals surface area contributed by atoms with E-state index in [0.717, 1.165) is 10.1 Å². The first-order valence-electron chi connectivity index (χ1n) is 11.9. The molecule has 4 rings (SSSR count). The second-order valence-corrected chi connectivity index (χ2v) is 10.6. The Morgan fingerprint density at radius 3 is 2.31 bits per heavy atom. The quantitative estimate of drug-likeness (QED) is 0.505. The zero-order valence-corrected chi connectivity index (χ0v) is 20.9. The molecule has 1 amide bonds. The van der Waals surface area contributed by atoms with Gasteiger partial charge in [-0.15, -0.1) is 0 Å². The van der Waals surface area contributed by atoms with Crippen molar-refractivity contribution in [2.24, 2.45) is 37.3 Å². The summed E-state index contributed by atoms with van der Waals surface area (Å²) in [6.07, 6.45) is 1.52. The van der Waals surface area contributed by atoms with Crippen molar-refractivity contribution in [1.82, 2.24) is 9.13 Å². The maximum atomic E-state index is 13.3. The molecule has 1 unspecified atom stereocenters. The molecule has 10 heteroatoms. The van der Waals surface area contributed by atoms with Gasteiger partial charge >= 0.3 is 17.6 Å². The molecular weight excluding hydrogens is 454 g/mol. The lowest BCUT2D eigenvalue weighted by atomic mass is 9.53. The number of aromatic nitrogens is 2. The monoisotopic (exact) mass is 487 g/mol. The number of esters is 2. The molecule has 190 valence electrons. The summed E-state index contributed by atoms with van der Waals surface area (Å²) in [6.45, 7) is 9.09. The summed E-state index contributed by atoms with van der Waals surface area (Å²) in [7, 11) is 2.93. The van der Waals surface area contributed by atoms with Gasteiger partial charge in [-0.25, -0.2) is 4.79 Å². The number of amides is 1. The van der Waals surface area contributed by atoms with Crippen LogP contribution < -0.4 is 16.6 Å². The predicted octanol–water partition coefficient (Wildman–Crippen LogP) is 1.44. The van der Waals surface area contributed by atoms with Crippen LogP contribution in [0.4, 0.5) is 5.82 Å². The topological polar surface area (TPSA) is 126 Å². The van der Waals surface area contributed by atoms with E-state index in [0.29, 0.717) is 31.2 Å². The van der Waals surface area contributed by atoms with Crippen molar-refractivity contribution in [3.63, 3.8) is 0 Å². The van der Waals surface area contributed by atoms with E-state index in [4.69, 9.17) is 9.47 Å². The van der Waals surface area contributed by atoms with E-state index >= 15 is 0 Å². The van der Waals surface area contributed by atoms with Crippen LogP contribution in [-0.2, 0) is 44.4 Å². The van der Waals surface area contributed by atoms with Crippen LogP contribution in [0.2, 0.25) is 0 Å². The van der Waals surface area contributed by atoms with E-state index < -0.39 is 29.2 Å². The summed E-state index contributed by atoms with van der Waals surface area (Å²) in [4.78, 5) is 62.1. The van der Waals surface area contributed by atoms with Gasteiger partial charge in [-0.3, -0.25) is 28.3 Å². The number of anilines is 1. The summed E-state index contributed by atoms with van der Waals surface area (Å²) in [5.41, 5.74) is 0.0381. The van der Waals surface area contributed by atoms with Gasteiger partial charge < -0.3 is 14.8 Å². The smallest absolute Gasteiger partial charge is 0.332 e. The van der Waals surface area contributed by atoms with Gasteiger partial charge in [0.2, 0.25) is 5.91 Å². The number of fused-ring (bicyclic) bond motifs is 2. The first-order chi connectivity index (χ1) is 16.3. The summed E-state index contributed by atoms with van der Waals surface area (Å²) in [5.74, 6) is -1.77. The van der Waals surface area contributed by atoms with Crippen LogP contribution in [0.15, 0.2) is 21.7 Å². The van der Waals surface area contributed by atoms with Gasteiger partial charge in [-0.1, -0.05) is 19.1 Å². The van der Waals surface area contributed by atoms with Crippen molar-refractivity contribution in [2.45, 2.75) is 65.1 Å². The third kappa shape index (κ3) is 4.34. The van der Waals surface area contributed by atoms with E-state index in [9.17, 15) is 24.0 Å². The normalized spacial score (nSPS) is 32.2. The Morgan fingerprint density at radius 1 is 1.03 bits per heavy atom. The van der Waals surface area contributed by atoms with Crippen LogP contribution in [0.3, 0.4) is 0 Å². The number of hydrogen-bond donors (Lipinski definition) is 1. The van der Waals surface area contributed by atoms with E-state index in [-0.39, 0.29) is 47.5 Å². The molecule has 2 fully saturated rings. The molecule has 1 aliphatic heterocycles. The number of nitrogens with zero attached hydrogens (tertiary/aromatic N) is 2. The highest BCUT2D eigenvalue weighted by Gasteiger charge is 2.54. The molecular formula is C25H33N3O7. The highest BCUT2D eigenvalue weighted by Crippen LogP contribution is 2.56. The standard InChI is InChI=1S/C25H33N3O7/c1-12-7-15(34-13(2)29)10-25(4)11-20(35-14(3)30)16(9-19(12)25)17-8-18-21(26-22(17)31)27(5)24(33)28(6)23(18)32/h15-17,19-20H,1,7-11H2,2-6H3,(H,26,31)/t15-,16+,17-,19?,20+,25+/m0/s1. The molecule has 2 aliphatic carbocycles. The Balaban J connectivity index is 1.69. The molecule has 0 aromatic carbocycles. The Kier molecular flexibility index (Phi) is 6.27. The Bertz CT molecular complexity index is 1230. The molecule has 0 spiro atoms. The molecule has 3 aliphatic rings. The fraction of sp³-hybridized carbons (Fsp3) is 0.640. The van der Waals surface area contributed by atoms with Gasteiger partial charge in [-0.2, -0.15) is 0 Å². The van der Waals surface area contributed by atoms with Crippen LogP contribution in [0, 0.1) is 23.2 Å². The van der Waals surface area contributed by atoms with E-state index in [2.05, 4.69) is 18.8 Å². The number of carbonyl (C=O) groups is 3. The highest BCUT2D eigenvalue weighted by atomic mass is 16.5. The van der Waals surface area contributed by atoms with Crippen molar-refractivity contribution in [3.05, 3.63) is 38.6 Å². The van der Waals surface area contributed by atoms with Crippen LogP contribution in [0.25, 0.3) is 0 Å². The van der Waals surface area contributed by atoms with Crippen LogP contribution in [-0.4, -0.2) is 39.2 Å². The molecule has 6 atom stereocenters. The van der Waals surface area contributed by atoms with Gasteiger partial charge in [-0.05, 0) is 37.0 Å². The largest absolute Gasteiger partial charge is 0.462 e. The van der Waals surface area contributed by atoms with Crippen molar-refractivity contribution in [2.75, 3.05) is 5.32 Å². The molecule has 0 radical (unpaired) electrons. The van der Waals surface area contributed by atoms with Crippen molar-refractivity contribution in [1.29, 1.82) is 0 Å². The maximum absolute atomic E-state index is 13.3. The zero-order valence-electron chi connectivity index (χ0n) is 20.9. The molecule has 2 saturated carbocycles. The lowest BCUT2D eigenvalue weighted by molar-refractivity contribution is -0.165. The summed E-state index contributed by atoms with van der Waals surface area (Å²) in [6, 6.07) is 0. The Labute approximate surface area is 203 Å². The van der Waals surface area contributed by atoms with E-state index in [1.165, 1.54) is 32.5 Å². The lowest BCUT2D eigenvalue weighted by Gasteiger charge is -2.54. The van der Waals surface area contributed by atoms with Gasteiger partial charge in [0.25, 0.3) is 5.56 Å². The van der Waals surface area contributed by atoms with Crippen molar-refractivity contribution >= 4 is 23.7 Å². The zero-order chi connectivity index (χ0) is 25.8. The van der Waals surface area contributed by atoms with Gasteiger partial charge in [0.1, 0.15) is 18.0 Å². The minimum Gasteiger partial charge on any atom is -0.462 e. The average Bonchev–Trinajstić information content (AvgIpc) is 2.74. The summed E-state index contributed by atoms with van der Waals surface area (Å²) < 4.78 is 13.6. The van der Waals surface area contributed by atoms with Crippen LogP contribution >= 0.6 is 0 Å². The third-order valence-corrected chi connectivity index (χ3v) is 8.10. The molecule has 0 saturated heterocycles. The highest BCUT2D eigenvalue weighted by molar-refractivity contribution is 5.95. The maximum Gasteiger partial charge on any atom is 0.332 e. The predicted molar refractivity (Wildman–Crippen MR) is 127 cm³/mol.